The minimum atomic E-state index is 0.152. The van der Waals surface area contributed by atoms with Crippen molar-refractivity contribution >= 4 is 5.69 Å². The van der Waals surface area contributed by atoms with E-state index in [0.717, 1.165) is 50.1 Å². The van der Waals surface area contributed by atoms with Gasteiger partial charge in [0.25, 0.3) is 0 Å². The van der Waals surface area contributed by atoms with Gasteiger partial charge < -0.3 is 4.90 Å². The van der Waals surface area contributed by atoms with E-state index in [2.05, 4.69) is 97.3 Å². The average molecular weight is 463 g/mol. The monoisotopic (exact) mass is 462 g/mol. The first kappa shape index (κ1) is 24.5. The summed E-state index contributed by atoms with van der Waals surface area (Å²) < 4.78 is 0. The van der Waals surface area contributed by atoms with E-state index >= 15 is 0 Å². The van der Waals surface area contributed by atoms with Crippen molar-refractivity contribution in [1.82, 2.24) is 4.90 Å². The largest absolute Gasteiger partial charge is 0.361 e. The van der Waals surface area contributed by atoms with E-state index in [1.165, 1.54) is 22.3 Å². The molecule has 4 rings (SSSR count). The van der Waals surface area contributed by atoms with Crippen LogP contribution in [-0.4, -0.2) is 24.5 Å². The Morgan fingerprint density at radius 1 is 0.943 bits per heavy atom. The van der Waals surface area contributed by atoms with Gasteiger partial charge in [0, 0.05) is 25.7 Å². The van der Waals surface area contributed by atoms with Crippen LogP contribution in [0.25, 0.3) is 0 Å². The fraction of sp³-hybridized carbons (Fsp3) is 0.355. The van der Waals surface area contributed by atoms with Gasteiger partial charge >= 0.3 is 0 Å². The number of hydrogen-bond donors (Lipinski definition) is 0. The van der Waals surface area contributed by atoms with Crippen LogP contribution in [0, 0.1) is 29.6 Å². The molecule has 1 fully saturated rings. The number of rotatable bonds is 7. The standard InChI is InChI=1S/C31H34N4/c1-4-5-6-25-11-16-30(29(19-25)21-33)35-18-17-34(22-31(35)28-12-7-23(2)8-13-28)24(3)27-14-9-26(20-32)10-15-27/h7-16,19,24,31H,4-6,17-18,22H2,1-3H3/t24-,31+/m1/s1. The minimum Gasteiger partial charge on any atom is -0.361 e. The highest BCUT2D eigenvalue weighted by atomic mass is 15.3. The lowest BCUT2D eigenvalue weighted by molar-refractivity contribution is 0.171. The Hall–Kier alpha value is -3.60. The first-order valence-electron chi connectivity index (χ1n) is 12.6. The zero-order valence-electron chi connectivity index (χ0n) is 21.0. The number of anilines is 1. The first-order chi connectivity index (χ1) is 17.0. The lowest BCUT2D eigenvalue weighted by atomic mass is 9.96. The molecular weight excluding hydrogens is 428 g/mol. The van der Waals surface area contributed by atoms with Crippen molar-refractivity contribution in [2.45, 2.75) is 52.1 Å². The summed E-state index contributed by atoms with van der Waals surface area (Å²) >= 11 is 0. The summed E-state index contributed by atoms with van der Waals surface area (Å²) in [7, 11) is 0. The maximum atomic E-state index is 10.0. The van der Waals surface area contributed by atoms with Gasteiger partial charge in [-0.3, -0.25) is 4.90 Å². The maximum absolute atomic E-state index is 10.0. The molecule has 2 atom stereocenters. The van der Waals surface area contributed by atoms with Crippen molar-refractivity contribution in [3.8, 4) is 12.1 Å². The van der Waals surface area contributed by atoms with Crippen molar-refractivity contribution in [1.29, 1.82) is 10.5 Å². The number of aryl methyl sites for hydroxylation is 2. The maximum Gasteiger partial charge on any atom is 0.101 e. The normalized spacial score (nSPS) is 16.9. The molecule has 4 nitrogen and oxygen atoms in total. The van der Waals surface area contributed by atoms with Crippen LogP contribution in [0.5, 0.6) is 0 Å². The van der Waals surface area contributed by atoms with Gasteiger partial charge in [-0.25, -0.2) is 0 Å². The highest BCUT2D eigenvalue weighted by molar-refractivity contribution is 5.62. The van der Waals surface area contributed by atoms with Gasteiger partial charge in [0.15, 0.2) is 0 Å². The predicted molar refractivity (Wildman–Crippen MR) is 142 cm³/mol. The van der Waals surface area contributed by atoms with Crippen molar-refractivity contribution in [3.63, 3.8) is 0 Å². The molecule has 1 aliphatic heterocycles. The lowest BCUT2D eigenvalue weighted by Gasteiger charge is -2.45. The highest BCUT2D eigenvalue weighted by Gasteiger charge is 2.32. The van der Waals surface area contributed by atoms with Crippen LogP contribution in [0.3, 0.4) is 0 Å². The Morgan fingerprint density at radius 2 is 1.69 bits per heavy atom. The van der Waals surface area contributed by atoms with Gasteiger partial charge in [0.1, 0.15) is 6.07 Å². The molecule has 35 heavy (non-hydrogen) atoms. The topological polar surface area (TPSA) is 54.1 Å². The molecule has 0 aromatic heterocycles. The molecule has 1 saturated heterocycles. The second-order valence-electron chi connectivity index (χ2n) is 9.59. The van der Waals surface area contributed by atoms with Crippen LogP contribution in [0.4, 0.5) is 5.69 Å². The van der Waals surface area contributed by atoms with Crippen molar-refractivity contribution < 1.29 is 0 Å². The van der Waals surface area contributed by atoms with Gasteiger partial charge in [-0.1, -0.05) is 61.4 Å². The molecule has 0 radical (unpaired) electrons. The smallest absolute Gasteiger partial charge is 0.101 e. The fourth-order valence-electron chi connectivity index (χ4n) is 5.02. The third-order valence-corrected chi connectivity index (χ3v) is 7.25. The van der Waals surface area contributed by atoms with E-state index < -0.39 is 0 Å². The molecule has 178 valence electrons. The molecule has 3 aromatic carbocycles. The van der Waals surface area contributed by atoms with Gasteiger partial charge in [-0.2, -0.15) is 10.5 Å². The van der Waals surface area contributed by atoms with E-state index in [1.54, 1.807) is 0 Å². The number of unbranched alkanes of at least 4 members (excludes halogenated alkanes) is 1. The van der Waals surface area contributed by atoms with Crippen molar-refractivity contribution in [2.75, 3.05) is 24.5 Å². The Kier molecular flexibility index (Phi) is 7.86. The zero-order valence-corrected chi connectivity index (χ0v) is 21.0. The summed E-state index contributed by atoms with van der Waals surface area (Å²) in [5.74, 6) is 0. The third kappa shape index (κ3) is 5.56. The molecule has 1 aliphatic rings. The SMILES string of the molecule is CCCCc1ccc(N2CCN([C@H](C)c3ccc(C#N)cc3)C[C@H]2c2ccc(C)cc2)c(C#N)c1. The Bertz CT molecular complexity index is 1210. The molecule has 1 heterocycles. The van der Waals surface area contributed by atoms with E-state index in [4.69, 9.17) is 5.26 Å². The van der Waals surface area contributed by atoms with Crippen LogP contribution < -0.4 is 4.90 Å². The average Bonchev–Trinajstić information content (AvgIpc) is 2.91. The molecule has 0 bridgehead atoms. The molecule has 0 aliphatic carbocycles. The number of nitrogens with zero attached hydrogens (tertiary/aromatic N) is 4. The second-order valence-corrected chi connectivity index (χ2v) is 9.59. The Morgan fingerprint density at radius 3 is 2.34 bits per heavy atom. The Balaban J connectivity index is 1.65. The van der Waals surface area contributed by atoms with E-state index in [9.17, 15) is 5.26 Å². The van der Waals surface area contributed by atoms with Crippen LogP contribution >= 0.6 is 0 Å². The summed E-state index contributed by atoms with van der Waals surface area (Å²) in [6.07, 6.45) is 3.31. The molecule has 0 unspecified atom stereocenters. The lowest BCUT2D eigenvalue weighted by Crippen LogP contribution is -2.49. The van der Waals surface area contributed by atoms with Crippen LogP contribution in [0.2, 0.25) is 0 Å². The van der Waals surface area contributed by atoms with Gasteiger partial charge in [-0.05, 0) is 67.6 Å². The summed E-state index contributed by atoms with van der Waals surface area (Å²) in [5, 5.41) is 19.2. The number of nitriles is 2. The quantitative estimate of drug-likeness (QED) is 0.392. The van der Waals surface area contributed by atoms with E-state index in [-0.39, 0.29) is 12.1 Å². The summed E-state index contributed by atoms with van der Waals surface area (Å²) in [6, 6.07) is 28.3. The molecule has 0 amide bonds. The summed E-state index contributed by atoms with van der Waals surface area (Å²) in [4.78, 5) is 4.94. The van der Waals surface area contributed by atoms with E-state index in [1.807, 2.05) is 12.1 Å². The molecular formula is C31H34N4. The summed E-state index contributed by atoms with van der Waals surface area (Å²) in [6.45, 7) is 9.18. The second kappa shape index (κ2) is 11.2. The van der Waals surface area contributed by atoms with Crippen LogP contribution in [0.1, 0.15) is 72.2 Å². The summed E-state index contributed by atoms with van der Waals surface area (Å²) in [5.41, 5.74) is 7.47. The molecule has 4 heteroatoms. The van der Waals surface area contributed by atoms with Crippen LogP contribution in [-0.2, 0) is 6.42 Å². The molecule has 3 aromatic rings. The van der Waals surface area contributed by atoms with Crippen molar-refractivity contribution in [3.05, 3.63) is 100 Å². The number of benzene rings is 3. The predicted octanol–water partition coefficient (Wildman–Crippen LogP) is 6.71. The minimum absolute atomic E-state index is 0.152. The van der Waals surface area contributed by atoms with Gasteiger partial charge in [0.2, 0.25) is 0 Å². The van der Waals surface area contributed by atoms with Crippen molar-refractivity contribution in [2.24, 2.45) is 0 Å². The number of piperazine rings is 1. The zero-order chi connectivity index (χ0) is 24.8. The fourth-order valence-corrected chi connectivity index (χ4v) is 5.02. The molecule has 0 spiro atoms. The molecule has 0 saturated carbocycles. The highest BCUT2D eigenvalue weighted by Crippen LogP contribution is 2.36. The first-order valence-corrected chi connectivity index (χ1v) is 12.6. The van der Waals surface area contributed by atoms with Gasteiger partial charge in [0.05, 0.1) is 28.9 Å². The number of hydrogen-bond acceptors (Lipinski definition) is 4. The third-order valence-electron chi connectivity index (χ3n) is 7.25. The molecule has 0 N–H and O–H groups in total. The Labute approximate surface area is 210 Å². The van der Waals surface area contributed by atoms with Crippen LogP contribution in [0.15, 0.2) is 66.7 Å². The van der Waals surface area contributed by atoms with Gasteiger partial charge in [-0.15, -0.1) is 0 Å². The van der Waals surface area contributed by atoms with E-state index in [0.29, 0.717) is 5.56 Å².